The lowest BCUT2D eigenvalue weighted by Gasteiger charge is -2.30. The lowest BCUT2D eigenvalue weighted by atomic mass is 9.94. The van der Waals surface area contributed by atoms with Gasteiger partial charge in [0.05, 0.1) is 12.1 Å². The Kier molecular flexibility index (Phi) is 4.73. The zero-order chi connectivity index (χ0) is 16.2. The maximum atomic E-state index is 12.1. The van der Waals surface area contributed by atoms with E-state index in [1.807, 2.05) is 6.07 Å². The van der Waals surface area contributed by atoms with Gasteiger partial charge in [-0.25, -0.2) is 0 Å². The number of thiophene rings is 1. The van der Waals surface area contributed by atoms with Crippen LogP contribution in [0.25, 0.3) is 0 Å². The average Bonchev–Trinajstić information content (AvgIpc) is 3.19. The number of likely N-dealkylation sites (tertiary alicyclic amines) is 1. The second kappa shape index (κ2) is 6.93. The number of nitrogens with two attached hydrogens (primary N) is 1. The summed E-state index contributed by atoms with van der Waals surface area (Å²) in [6, 6.07) is 3.63. The minimum Gasteiger partial charge on any atom is -0.366 e. The number of nitrogens with zero attached hydrogens (tertiary/aromatic N) is 2. The molecule has 0 spiro atoms. The van der Waals surface area contributed by atoms with Crippen LogP contribution in [-0.2, 0) is 4.79 Å². The van der Waals surface area contributed by atoms with Gasteiger partial charge in [0, 0.05) is 17.8 Å². The zero-order valence-electron chi connectivity index (χ0n) is 12.6. The summed E-state index contributed by atoms with van der Waals surface area (Å²) in [6.07, 6.45) is 3.77. The Bertz CT molecular complexity index is 674. The molecule has 23 heavy (non-hydrogen) atoms. The molecule has 0 radical (unpaired) electrons. The Morgan fingerprint density at radius 2 is 2.17 bits per heavy atom. The smallest absolute Gasteiger partial charge is 0.251 e. The fourth-order valence-corrected chi connectivity index (χ4v) is 3.67. The average molecular weight is 333 g/mol. The van der Waals surface area contributed by atoms with Crippen LogP contribution < -0.4 is 11.1 Å². The highest BCUT2D eigenvalue weighted by molar-refractivity contribution is 7.14. The van der Waals surface area contributed by atoms with Gasteiger partial charge in [0.25, 0.3) is 5.91 Å². The minimum absolute atomic E-state index is 0.116. The monoisotopic (exact) mass is 333 g/mol. The van der Waals surface area contributed by atoms with Gasteiger partial charge in [0.2, 0.25) is 5.91 Å². The van der Waals surface area contributed by atoms with E-state index < -0.39 is 5.91 Å². The van der Waals surface area contributed by atoms with E-state index in [-0.39, 0.29) is 5.91 Å². The van der Waals surface area contributed by atoms with Crippen LogP contribution in [0.15, 0.2) is 23.7 Å². The Morgan fingerprint density at radius 1 is 1.39 bits per heavy atom. The van der Waals surface area contributed by atoms with Crippen LogP contribution in [0.1, 0.15) is 34.8 Å². The molecule has 3 heterocycles. The second-order valence-corrected chi connectivity index (χ2v) is 6.55. The molecule has 0 unspecified atom stereocenters. The number of rotatable bonds is 5. The number of carbonyl (C=O) groups excluding carboxylic acids is 2. The Balaban J connectivity index is 1.49. The molecular formula is C15H19N5O2S. The van der Waals surface area contributed by atoms with Gasteiger partial charge < -0.3 is 11.1 Å². The summed E-state index contributed by atoms with van der Waals surface area (Å²) in [7, 11) is 0. The van der Waals surface area contributed by atoms with Gasteiger partial charge in [-0.3, -0.25) is 19.6 Å². The Labute approximate surface area is 137 Å². The van der Waals surface area contributed by atoms with Crippen LogP contribution in [0.5, 0.6) is 0 Å². The number of hydrogen-bond acceptors (Lipinski definition) is 5. The fourth-order valence-electron chi connectivity index (χ4n) is 2.87. The van der Waals surface area contributed by atoms with Gasteiger partial charge in [-0.2, -0.15) is 5.10 Å². The van der Waals surface area contributed by atoms with Crippen LogP contribution in [0.2, 0.25) is 0 Å². The molecule has 0 saturated carbocycles. The first kappa shape index (κ1) is 15.7. The predicted octanol–water partition coefficient (Wildman–Crippen LogP) is 1.39. The van der Waals surface area contributed by atoms with Gasteiger partial charge in [-0.05, 0) is 43.4 Å². The molecule has 3 rings (SSSR count). The van der Waals surface area contributed by atoms with Crippen LogP contribution in [0.4, 0.5) is 5.00 Å². The van der Waals surface area contributed by atoms with E-state index in [0.29, 0.717) is 23.0 Å². The molecule has 1 aliphatic heterocycles. The number of carbonyl (C=O) groups is 2. The second-order valence-electron chi connectivity index (χ2n) is 5.64. The van der Waals surface area contributed by atoms with Crippen molar-refractivity contribution in [1.82, 2.24) is 15.1 Å². The molecule has 122 valence electrons. The van der Waals surface area contributed by atoms with E-state index in [1.54, 1.807) is 17.6 Å². The molecule has 2 amide bonds. The molecule has 1 aliphatic rings. The van der Waals surface area contributed by atoms with Crippen molar-refractivity contribution in [2.75, 3.05) is 25.0 Å². The summed E-state index contributed by atoms with van der Waals surface area (Å²) >= 11 is 1.30. The summed E-state index contributed by atoms with van der Waals surface area (Å²) in [5, 5.41) is 12.1. The van der Waals surface area contributed by atoms with E-state index in [1.165, 1.54) is 17.0 Å². The van der Waals surface area contributed by atoms with Crippen molar-refractivity contribution in [3.05, 3.63) is 35.0 Å². The third kappa shape index (κ3) is 3.77. The van der Waals surface area contributed by atoms with E-state index in [9.17, 15) is 9.59 Å². The molecule has 7 nitrogen and oxygen atoms in total. The van der Waals surface area contributed by atoms with Gasteiger partial charge in [-0.1, -0.05) is 0 Å². The van der Waals surface area contributed by atoms with Crippen molar-refractivity contribution < 1.29 is 9.59 Å². The highest BCUT2D eigenvalue weighted by atomic mass is 32.1. The molecule has 0 aliphatic carbocycles. The summed E-state index contributed by atoms with van der Waals surface area (Å²) in [6.45, 7) is 2.06. The molecule has 1 fully saturated rings. The third-order valence-corrected chi connectivity index (χ3v) is 4.93. The highest BCUT2D eigenvalue weighted by Crippen LogP contribution is 2.26. The molecule has 8 heteroatoms. The maximum Gasteiger partial charge on any atom is 0.251 e. The number of amides is 2. The largest absolute Gasteiger partial charge is 0.366 e. The Hall–Kier alpha value is -2.19. The van der Waals surface area contributed by atoms with Crippen molar-refractivity contribution in [1.29, 1.82) is 0 Å². The van der Waals surface area contributed by atoms with E-state index in [2.05, 4.69) is 20.4 Å². The first-order chi connectivity index (χ1) is 11.1. The van der Waals surface area contributed by atoms with Crippen LogP contribution >= 0.6 is 11.3 Å². The number of piperidine rings is 1. The third-order valence-electron chi connectivity index (χ3n) is 4.10. The van der Waals surface area contributed by atoms with Gasteiger partial charge >= 0.3 is 0 Å². The number of aromatic nitrogens is 2. The molecule has 0 atom stereocenters. The van der Waals surface area contributed by atoms with Crippen LogP contribution in [0, 0.1) is 0 Å². The Morgan fingerprint density at radius 3 is 2.83 bits per heavy atom. The fraction of sp³-hybridized carbons (Fsp3) is 0.400. The van der Waals surface area contributed by atoms with Gasteiger partial charge in [0.1, 0.15) is 5.00 Å². The molecule has 1 saturated heterocycles. The molecule has 0 aromatic carbocycles. The van der Waals surface area contributed by atoms with Gasteiger partial charge in [-0.15, -0.1) is 11.3 Å². The molecular weight excluding hydrogens is 314 g/mol. The number of anilines is 1. The molecule has 2 aromatic rings. The van der Waals surface area contributed by atoms with Crippen molar-refractivity contribution >= 4 is 28.2 Å². The van der Waals surface area contributed by atoms with E-state index >= 15 is 0 Å². The lowest BCUT2D eigenvalue weighted by molar-refractivity contribution is -0.117. The van der Waals surface area contributed by atoms with Crippen molar-refractivity contribution in [2.24, 2.45) is 5.73 Å². The number of H-pyrrole nitrogens is 1. The quantitative estimate of drug-likeness (QED) is 0.769. The van der Waals surface area contributed by atoms with Crippen molar-refractivity contribution in [3.63, 3.8) is 0 Å². The molecule has 0 bridgehead atoms. The highest BCUT2D eigenvalue weighted by Gasteiger charge is 2.23. The standard InChI is InChI=1S/C15H19N5O2S/c16-14(22)11-4-8-23-15(11)18-13(21)9-20-6-2-10(3-7-20)12-1-5-17-19-12/h1,4-5,8,10H,2-3,6-7,9H2,(H2,16,22)(H,17,19)(H,18,21). The first-order valence-electron chi connectivity index (χ1n) is 7.52. The van der Waals surface area contributed by atoms with Crippen molar-refractivity contribution in [3.8, 4) is 0 Å². The number of primary amides is 1. The normalized spacial score (nSPS) is 16.3. The summed E-state index contributed by atoms with van der Waals surface area (Å²) < 4.78 is 0. The van der Waals surface area contributed by atoms with E-state index in [4.69, 9.17) is 5.73 Å². The van der Waals surface area contributed by atoms with Crippen molar-refractivity contribution in [2.45, 2.75) is 18.8 Å². The number of hydrogen-bond donors (Lipinski definition) is 3. The summed E-state index contributed by atoms with van der Waals surface area (Å²) in [5.74, 6) is -0.160. The topological polar surface area (TPSA) is 104 Å². The van der Waals surface area contributed by atoms with E-state index in [0.717, 1.165) is 25.9 Å². The summed E-state index contributed by atoms with van der Waals surface area (Å²) in [4.78, 5) is 25.5. The van der Waals surface area contributed by atoms with Crippen LogP contribution in [-0.4, -0.2) is 46.5 Å². The SMILES string of the molecule is NC(=O)c1ccsc1NC(=O)CN1CCC(c2ccn[nH]2)CC1. The lowest BCUT2D eigenvalue weighted by Crippen LogP contribution is -2.38. The predicted molar refractivity (Wildman–Crippen MR) is 88.5 cm³/mol. The molecule has 4 N–H and O–H groups in total. The molecule has 2 aromatic heterocycles. The zero-order valence-corrected chi connectivity index (χ0v) is 13.4. The first-order valence-corrected chi connectivity index (χ1v) is 8.40. The van der Waals surface area contributed by atoms with Gasteiger partial charge in [0.15, 0.2) is 0 Å². The minimum atomic E-state index is -0.526. The number of aromatic amines is 1. The maximum absolute atomic E-state index is 12.1. The van der Waals surface area contributed by atoms with Crippen LogP contribution in [0.3, 0.4) is 0 Å². The summed E-state index contributed by atoms with van der Waals surface area (Å²) in [5.41, 5.74) is 6.81. The number of nitrogens with one attached hydrogen (secondary N) is 2.